The number of carboxylic acids is 2. The number of rotatable bonds is 7. The highest BCUT2D eigenvalue weighted by molar-refractivity contribution is 5.85. The Labute approximate surface area is 102 Å². The number of carbonyl (C=O) groups excluding carboxylic acids is 1. The highest BCUT2D eigenvalue weighted by Gasteiger charge is 2.22. The molecule has 0 aromatic heterocycles. The number of urea groups is 1. The number of amides is 2. The highest BCUT2D eigenvalue weighted by Crippen LogP contribution is 2.00. The Bertz CT molecular complexity index is 318. The molecule has 0 aromatic rings. The topological polar surface area (TPSA) is 156 Å². The average molecular weight is 264 g/mol. The average Bonchev–Trinajstić information content (AvgIpc) is 2.23. The molecule has 0 unspecified atom stereocenters. The summed E-state index contributed by atoms with van der Waals surface area (Å²) in [5.41, 5.74) is 0. The second-order valence-corrected chi connectivity index (χ2v) is 3.63. The maximum absolute atomic E-state index is 11.2. The second-order valence-electron chi connectivity index (χ2n) is 3.63. The molecule has 0 radical (unpaired) electrons. The predicted octanol–water partition coefficient (Wildman–Crippen LogP) is -1.70. The fourth-order valence-corrected chi connectivity index (χ4v) is 1.03. The van der Waals surface area contributed by atoms with E-state index in [4.69, 9.17) is 20.4 Å². The second kappa shape index (κ2) is 7.45. The van der Waals surface area contributed by atoms with Gasteiger partial charge in [0, 0.05) is 6.42 Å². The third-order valence-electron chi connectivity index (χ3n) is 2.03. The number of aliphatic carboxylic acids is 2. The van der Waals surface area contributed by atoms with Crippen LogP contribution < -0.4 is 10.6 Å². The number of aliphatic hydroxyl groups is 2. The van der Waals surface area contributed by atoms with Gasteiger partial charge in [-0.3, -0.25) is 4.79 Å². The summed E-state index contributed by atoms with van der Waals surface area (Å²) >= 11 is 0. The zero-order chi connectivity index (χ0) is 14.3. The van der Waals surface area contributed by atoms with Crippen molar-refractivity contribution >= 4 is 18.0 Å². The Morgan fingerprint density at radius 1 is 1.00 bits per heavy atom. The summed E-state index contributed by atoms with van der Waals surface area (Å²) in [4.78, 5) is 32.4. The van der Waals surface area contributed by atoms with Gasteiger partial charge in [0.25, 0.3) is 0 Å². The molecule has 6 N–H and O–H groups in total. The summed E-state index contributed by atoms with van der Waals surface area (Å²) in [6.07, 6.45) is -2.09. The van der Waals surface area contributed by atoms with E-state index in [0.29, 0.717) is 0 Å². The predicted molar refractivity (Wildman–Crippen MR) is 57.6 cm³/mol. The fourth-order valence-electron chi connectivity index (χ4n) is 1.03. The molecule has 0 rings (SSSR count). The minimum atomic E-state index is -1.67. The first-order valence-corrected chi connectivity index (χ1v) is 5.12. The molecule has 2 amide bonds. The summed E-state index contributed by atoms with van der Waals surface area (Å²) in [6, 6.07) is -3.44. The van der Waals surface area contributed by atoms with E-state index in [0.717, 1.165) is 0 Å². The van der Waals surface area contributed by atoms with Crippen molar-refractivity contribution in [2.75, 3.05) is 0 Å². The normalized spacial score (nSPS) is 13.8. The Balaban J connectivity index is 4.28. The standard InChI is InChI=1S/C9H16N2O7/c1-4(7(14)15)10-9(18)11-5(8(16)17)2-3-6(12)13/h4-6,12-13H,2-3H2,1H3,(H,14,15)(H,16,17)(H2,10,11,18)/t4-,5-/m0/s1. The van der Waals surface area contributed by atoms with E-state index in [1.165, 1.54) is 6.92 Å². The van der Waals surface area contributed by atoms with Gasteiger partial charge < -0.3 is 31.1 Å². The molecule has 9 heteroatoms. The SMILES string of the molecule is C[C@H](NC(=O)N[C@@H](CCC(O)O)C(=O)O)C(=O)O. The van der Waals surface area contributed by atoms with Crippen LogP contribution in [-0.2, 0) is 9.59 Å². The van der Waals surface area contributed by atoms with Crippen LogP contribution in [0.2, 0.25) is 0 Å². The van der Waals surface area contributed by atoms with Crippen molar-refractivity contribution in [3.05, 3.63) is 0 Å². The molecule has 104 valence electrons. The smallest absolute Gasteiger partial charge is 0.326 e. The Kier molecular flexibility index (Phi) is 6.68. The van der Waals surface area contributed by atoms with Crippen LogP contribution in [-0.4, -0.2) is 56.8 Å². The van der Waals surface area contributed by atoms with Gasteiger partial charge in [-0.25, -0.2) is 9.59 Å². The molecule has 0 aromatic carbocycles. The molecule has 0 saturated carbocycles. The van der Waals surface area contributed by atoms with Crippen molar-refractivity contribution in [1.29, 1.82) is 0 Å². The largest absolute Gasteiger partial charge is 0.480 e. The van der Waals surface area contributed by atoms with Crippen LogP contribution in [0.1, 0.15) is 19.8 Å². The summed E-state index contributed by atoms with van der Waals surface area (Å²) in [5.74, 6) is -2.61. The van der Waals surface area contributed by atoms with Gasteiger partial charge in [-0.05, 0) is 13.3 Å². The minimum absolute atomic E-state index is 0.193. The monoisotopic (exact) mass is 264 g/mol. The molecule has 2 atom stereocenters. The van der Waals surface area contributed by atoms with Crippen LogP contribution in [0.25, 0.3) is 0 Å². The van der Waals surface area contributed by atoms with Gasteiger partial charge in [0.2, 0.25) is 0 Å². The van der Waals surface area contributed by atoms with E-state index in [9.17, 15) is 14.4 Å². The summed E-state index contributed by atoms with van der Waals surface area (Å²) in [6.45, 7) is 1.22. The van der Waals surface area contributed by atoms with Crippen LogP contribution >= 0.6 is 0 Å². The van der Waals surface area contributed by atoms with Gasteiger partial charge in [0.05, 0.1) is 0 Å². The lowest BCUT2D eigenvalue weighted by atomic mass is 10.1. The zero-order valence-corrected chi connectivity index (χ0v) is 9.66. The van der Waals surface area contributed by atoms with Gasteiger partial charge in [-0.1, -0.05) is 0 Å². The minimum Gasteiger partial charge on any atom is -0.480 e. The highest BCUT2D eigenvalue weighted by atomic mass is 16.5. The summed E-state index contributed by atoms with van der Waals surface area (Å²) in [5, 5.41) is 38.5. The molecule has 0 fully saturated rings. The van der Waals surface area contributed by atoms with Crippen molar-refractivity contribution in [3.63, 3.8) is 0 Å². The number of aliphatic hydroxyl groups excluding tert-OH is 1. The summed E-state index contributed by atoms with van der Waals surface area (Å²) in [7, 11) is 0. The van der Waals surface area contributed by atoms with E-state index in [1.807, 2.05) is 10.6 Å². The summed E-state index contributed by atoms with van der Waals surface area (Å²) < 4.78 is 0. The van der Waals surface area contributed by atoms with Gasteiger partial charge in [0.15, 0.2) is 6.29 Å². The third kappa shape index (κ3) is 6.66. The molecule has 18 heavy (non-hydrogen) atoms. The first kappa shape index (κ1) is 16.1. The molecule has 0 heterocycles. The van der Waals surface area contributed by atoms with Crippen LogP contribution in [0, 0.1) is 0 Å². The Morgan fingerprint density at radius 2 is 1.56 bits per heavy atom. The van der Waals surface area contributed by atoms with E-state index in [-0.39, 0.29) is 12.8 Å². The third-order valence-corrected chi connectivity index (χ3v) is 2.03. The van der Waals surface area contributed by atoms with E-state index >= 15 is 0 Å². The molecule has 0 saturated heterocycles. The van der Waals surface area contributed by atoms with Gasteiger partial charge >= 0.3 is 18.0 Å². The van der Waals surface area contributed by atoms with Gasteiger partial charge in [0.1, 0.15) is 12.1 Å². The molecular formula is C9H16N2O7. The first-order chi connectivity index (χ1) is 8.23. The number of hydrogen-bond acceptors (Lipinski definition) is 5. The molecule has 0 aliphatic carbocycles. The van der Waals surface area contributed by atoms with E-state index in [1.54, 1.807) is 0 Å². The van der Waals surface area contributed by atoms with E-state index in [2.05, 4.69) is 0 Å². The molecular weight excluding hydrogens is 248 g/mol. The lowest BCUT2D eigenvalue weighted by Gasteiger charge is -2.16. The Hall–Kier alpha value is -1.87. The number of nitrogens with one attached hydrogen (secondary N) is 2. The molecule has 0 aliphatic rings. The van der Waals surface area contributed by atoms with E-state index < -0.39 is 36.3 Å². The van der Waals surface area contributed by atoms with Crippen molar-refractivity contribution < 1.29 is 34.8 Å². The van der Waals surface area contributed by atoms with Crippen molar-refractivity contribution in [3.8, 4) is 0 Å². The zero-order valence-electron chi connectivity index (χ0n) is 9.66. The van der Waals surface area contributed by atoms with Crippen LogP contribution in [0.4, 0.5) is 4.79 Å². The molecule has 0 spiro atoms. The van der Waals surface area contributed by atoms with Gasteiger partial charge in [-0.15, -0.1) is 0 Å². The van der Waals surface area contributed by atoms with Crippen molar-refractivity contribution in [2.24, 2.45) is 0 Å². The first-order valence-electron chi connectivity index (χ1n) is 5.12. The molecule has 0 bridgehead atoms. The number of carbonyl (C=O) groups is 3. The van der Waals surface area contributed by atoms with Crippen molar-refractivity contribution in [1.82, 2.24) is 10.6 Å². The number of hydrogen-bond donors (Lipinski definition) is 6. The molecule has 0 aliphatic heterocycles. The lowest BCUT2D eigenvalue weighted by molar-refractivity contribution is -0.140. The molecule has 9 nitrogen and oxygen atoms in total. The quantitative estimate of drug-likeness (QED) is 0.299. The van der Waals surface area contributed by atoms with Gasteiger partial charge in [-0.2, -0.15) is 0 Å². The maximum atomic E-state index is 11.2. The number of carboxylic acid groups (broad SMARTS) is 2. The maximum Gasteiger partial charge on any atom is 0.326 e. The van der Waals surface area contributed by atoms with Crippen LogP contribution in [0.5, 0.6) is 0 Å². The Morgan fingerprint density at radius 3 is 1.94 bits per heavy atom. The van der Waals surface area contributed by atoms with Crippen LogP contribution in [0.3, 0.4) is 0 Å². The van der Waals surface area contributed by atoms with Crippen molar-refractivity contribution in [2.45, 2.75) is 38.1 Å². The van der Waals surface area contributed by atoms with Crippen LogP contribution in [0.15, 0.2) is 0 Å². The fraction of sp³-hybridized carbons (Fsp3) is 0.667. The lowest BCUT2D eigenvalue weighted by Crippen LogP contribution is -2.50.